The summed E-state index contributed by atoms with van der Waals surface area (Å²) in [6.45, 7) is 1.12. The number of benzene rings is 3. The SMILES string of the molecule is COC(=O)CN(C(Cl)c1cc(Oc2ccccc2)ccc1C(=O)Cl)S(=O)(=O)c1ccc(C)cc1. The molecule has 0 saturated heterocycles. The van der Waals surface area contributed by atoms with Crippen molar-refractivity contribution >= 4 is 44.4 Å². The number of ether oxygens (including phenoxy) is 2. The molecule has 0 fully saturated rings. The number of carbonyl (C=O) groups excluding carboxylic acids is 2. The Kier molecular flexibility index (Phi) is 8.33. The normalized spacial score (nSPS) is 12.3. The molecular formula is C24H21Cl2NO6S. The maximum absolute atomic E-state index is 13.5. The predicted molar refractivity (Wildman–Crippen MR) is 129 cm³/mol. The number of methoxy groups -OCH3 is 1. The van der Waals surface area contributed by atoms with Gasteiger partial charge in [-0.1, -0.05) is 47.5 Å². The Morgan fingerprint density at radius 1 is 0.971 bits per heavy atom. The summed E-state index contributed by atoms with van der Waals surface area (Å²) in [5.74, 6) is -0.0285. The Bertz CT molecular complexity index is 1280. The minimum Gasteiger partial charge on any atom is -0.468 e. The van der Waals surface area contributed by atoms with E-state index in [0.717, 1.165) is 17.0 Å². The Hall–Kier alpha value is -2.91. The van der Waals surface area contributed by atoms with Crippen LogP contribution in [0.3, 0.4) is 0 Å². The Balaban J connectivity index is 2.09. The first-order valence-corrected chi connectivity index (χ1v) is 12.2. The van der Waals surface area contributed by atoms with Gasteiger partial charge >= 0.3 is 5.97 Å². The summed E-state index contributed by atoms with van der Waals surface area (Å²) in [7, 11) is -3.15. The molecule has 0 aliphatic carbocycles. The Morgan fingerprint density at radius 2 is 1.62 bits per heavy atom. The van der Waals surface area contributed by atoms with E-state index >= 15 is 0 Å². The minimum absolute atomic E-state index is 0.0314. The molecule has 0 heterocycles. The third-order valence-corrected chi connectivity index (χ3v) is 7.48. The number of sulfonamides is 1. The van der Waals surface area contributed by atoms with Crippen molar-refractivity contribution in [1.82, 2.24) is 4.31 Å². The molecule has 1 unspecified atom stereocenters. The summed E-state index contributed by atoms with van der Waals surface area (Å²) in [5.41, 5.74) is -0.616. The second kappa shape index (κ2) is 11.0. The second-order valence-electron chi connectivity index (χ2n) is 7.21. The molecule has 0 aromatic heterocycles. The summed E-state index contributed by atoms with van der Waals surface area (Å²) in [6.07, 6.45) is 0. The molecule has 0 amide bonds. The maximum atomic E-state index is 13.5. The van der Waals surface area contributed by atoms with Crippen LogP contribution in [0.15, 0.2) is 77.7 Å². The van der Waals surface area contributed by atoms with E-state index in [0.29, 0.717) is 11.5 Å². The van der Waals surface area contributed by atoms with E-state index in [4.69, 9.17) is 27.9 Å². The molecule has 3 aromatic carbocycles. The van der Waals surface area contributed by atoms with Crippen LogP contribution in [0.2, 0.25) is 0 Å². The van der Waals surface area contributed by atoms with Gasteiger partial charge in [0.05, 0.1) is 12.0 Å². The molecule has 0 spiro atoms. The quantitative estimate of drug-likeness (QED) is 0.165. The van der Waals surface area contributed by atoms with Crippen molar-refractivity contribution in [3.05, 3.63) is 89.5 Å². The third kappa shape index (κ3) is 5.95. The fourth-order valence-corrected chi connectivity index (χ4v) is 5.20. The summed E-state index contributed by atoms with van der Waals surface area (Å²) < 4.78 is 38.1. The molecule has 7 nitrogen and oxygen atoms in total. The van der Waals surface area contributed by atoms with Gasteiger partial charge in [0, 0.05) is 11.1 Å². The highest BCUT2D eigenvalue weighted by Crippen LogP contribution is 2.36. The van der Waals surface area contributed by atoms with Crippen LogP contribution < -0.4 is 4.74 Å². The van der Waals surface area contributed by atoms with Gasteiger partial charge in [-0.25, -0.2) is 8.42 Å². The van der Waals surface area contributed by atoms with Crippen LogP contribution in [0.25, 0.3) is 0 Å². The Labute approximate surface area is 207 Å². The highest BCUT2D eigenvalue weighted by Gasteiger charge is 2.35. The third-order valence-electron chi connectivity index (χ3n) is 4.86. The van der Waals surface area contributed by atoms with Gasteiger partial charge in [0.25, 0.3) is 5.24 Å². The molecule has 0 aliphatic rings. The molecule has 0 radical (unpaired) electrons. The smallest absolute Gasteiger partial charge is 0.321 e. The molecule has 178 valence electrons. The molecule has 0 saturated carbocycles. The van der Waals surface area contributed by atoms with Gasteiger partial charge in [-0.15, -0.1) is 0 Å². The van der Waals surface area contributed by atoms with Crippen LogP contribution in [0.5, 0.6) is 11.5 Å². The average Bonchev–Trinajstić information content (AvgIpc) is 2.82. The zero-order valence-electron chi connectivity index (χ0n) is 18.3. The van der Waals surface area contributed by atoms with Gasteiger partial charge in [-0.05, 0) is 61.0 Å². The highest BCUT2D eigenvalue weighted by atomic mass is 35.5. The van der Waals surface area contributed by atoms with Gasteiger partial charge in [0.2, 0.25) is 10.0 Å². The van der Waals surface area contributed by atoms with E-state index in [9.17, 15) is 18.0 Å². The van der Waals surface area contributed by atoms with Crippen LogP contribution in [0.4, 0.5) is 0 Å². The molecule has 0 bridgehead atoms. The van der Waals surface area contributed by atoms with Crippen LogP contribution in [0, 0.1) is 6.92 Å². The van der Waals surface area contributed by atoms with Crippen molar-refractivity contribution in [3.63, 3.8) is 0 Å². The molecule has 3 rings (SSSR count). The van der Waals surface area contributed by atoms with Crippen molar-refractivity contribution in [2.45, 2.75) is 17.3 Å². The molecule has 10 heteroatoms. The van der Waals surface area contributed by atoms with E-state index in [1.165, 1.54) is 30.3 Å². The number of hydrogen-bond acceptors (Lipinski definition) is 6. The van der Waals surface area contributed by atoms with E-state index < -0.39 is 33.3 Å². The molecule has 3 aromatic rings. The summed E-state index contributed by atoms with van der Waals surface area (Å²) in [4.78, 5) is 24.1. The van der Waals surface area contributed by atoms with Crippen LogP contribution >= 0.6 is 23.2 Å². The first-order chi connectivity index (χ1) is 16.1. The fourth-order valence-electron chi connectivity index (χ4n) is 3.08. The number of hydrogen-bond donors (Lipinski definition) is 0. The van der Waals surface area contributed by atoms with Gasteiger partial charge in [0.15, 0.2) is 0 Å². The number of halogens is 2. The van der Waals surface area contributed by atoms with Crippen LogP contribution in [-0.2, 0) is 19.6 Å². The largest absolute Gasteiger partial charge is 0.468 e. The van der Waals surface area contributed by atoms with Crippen molar-refractivity contribution < 1.29 is 27.5 Å². The summed E-state index contributed by atoms with van der Waals surface area (Å²) in [5, 5.41) is -0.849. The number of rotatable bonds is 9. The first-order valence-electron chi connectivity index (χ1n) is 9.99. The van der Waals surface area contributed by atoms with Crippen molar-refractivity contribution in [2.24, 2.45) is 0 Å². The number of para-hydroxylation sites is 1. The number of alkyl halides is 1. The van der Waals surface area contributed by atoms with Gasteiger partial charge in [-0.3, -0.25) is 9.59 Å². The maximum Gasteiger partial charge on any atom is 0.321 e. The van der Waals surface area contributed by atoms with Crippen LogP contribution in [-0.4, -0.2) is 37.6 Å². The molecule has 34 heavy (non-hydrogen) atoms. The van der Waals surface area contributed by atoms with Crippen molar-refractivity contribution in [1.29, 1.82) is 0 Å². The average molecular weight is 522 g/mol. The fraction of sp³-hybridized carbons (Fsp3) is 0.167. The lowest BCUT2D eigenvalue weighted by atomic mass is 10.1. The standard InChI is InChI=1S/C24H21Cl2NO6S/c1-16-8-11-19(12-9-16)34(30,31)27(15-22(28)32-2)23(25)21-14-18(10-13-20(21)24(26)29)33-17-6-4-3-5-7-17/h3-14,23H,15H2,1-2H3. The minimum atomic E-state index is -4.28. The summed E-state index contributed by atoms with van der Waals surface area (Å²) >= 11 is 12.4. The lowest BCUT2D eigenvalue weighted by Gasteiger charge is -2.27. The first kappa shape index (κ1) is 25.7. The van der Waals surface area contributed by atoms with Crippen LogP contribution in [0.1, 0.15) is 27.0 Å². The topological polar surface area (TPSA) is 90.0 Å². The van der Waals surface area contributed by atoms with E-state index in [1.54, 1.807) is 36.4 Å². The molecule has 0 aliphatic heterocycles. The van der Waals surface area contributed by atoms with Crippen molar-refractivity contribution in [2.75, 3.05) is 13.7 Å². The van der Waals surface area contributed by atoms with Gasteiger partial charge in [-0.2, -0.15) is 4.31 Å². The lowest BCUT2D eigenvalue weighted by molar-refractivity contribution is -0.140. The van der Waals surface area contributed by atoms with E-state index in [2.05, 4.69) is 4.74 Å². The van der Waals surface area contributed by atoms with E-state index in [-0.39, 0.29) is 16.0 Å². The molecular weight excluding hydrogens is 501 g/mol. The second-order valence-corrected chi connectivity index (χ2v) is 9.86. The zero-order valence-corrected chi connectivity index (χ0v) is 20.6. The highest BCUT2D eigenvalue weighted by molar-refractivity contribution is 7.89. The zero-order chi connectivity index (χ0) is 24.9. The number of nitrogens with zero attached hydrogens (tertiary/aromatic N) is 1. The number of esters is 1. The van der Waals surface area contributed by atoms with Gasteiger partial charge < -0.3 is 9.47 Å². The monoisotopic (exact) mass is 521 g/mol. The lowest BCUT2D eigenvalue weighted by Crippen LogP contribution is -2.37. The predicted octanol–water partition coefficient (Wildman–Crippen LogP) is 5.27. The molecule has 1 atom stereocenters. The summed E-state index contributed by atoms with van der Waals surface area (Å²) in [6, 6.07) is 19.2. The Morgan fingerprint density at radius 3 is 2.21 bits per heavy atom. The number of carbonyl (C=O) groups is 2. The number of aryl methyl sites for hydroxylation is 1. The van der Waals surface area contributed by atoms with E-state index in [1.807, 2.05) is 13.0 Å². The molecule has 0 N–H and O–H groups in total. The van der Waals surface area contributed by atoms with Crippen molar-refractivity contribution in [3.8, 4) is 11.5 Å². The van der Waals surface area contributed by atoms with Gasteiger partial charge in [0.1, 0.15) is 23.5 Å².